The first kappa shape index (κ1) is 8.80. The van der Waals surface area contributed by atoms with Gasteiger partial charge in [0.25, 0.3) is 0 Å². The van der Waals surface area contributed by atoms with Gasteiger partial charge in [-0.05, 0) is 31.8 Å². The molecule has 0 aliphatic heterocycles. The van der Waals surface area contributed by atoms with Gasteiger partial charge in [-0.2, -0.15) is 0 Å². The van der Waals surface area contributed by atoms with Crippen LogP contribution in [0.25, 0.3) is 0 Å². The first-order chi connectivity index (χ1) is 6.05. The van der Waals surface area contributed by atoms with Crippen LogP contribution in [0.2, 0.25) is 0 Å². The Bertz CT molecular complexity index is 326. The summed E-state index contributed by atoms with van der Waals surface area (Å²) in [5, 5.41) is 0. The number of allylic oxidation sites excluding steroid dienone is 6. The van der Waals surface area contributed by atoms with Gasteiger partial charge in [0.2, 0.25) is 0 Å². The highest BCUT2D eigenvalue weighted by Gasteiger charge is 2.38. The maximum Gasteiger partial charge on any atom is 0.0317 e. The monoisotopic (exact) mass is 174 g/mol. The number of hydrogen-bond acceptors (Lipinski definition) is 0. The molecule has 2 aliphatic carbocycles. The fourth-order valence-corrected chi connectivity index (χ4v) is 2.34. The van der Waals surface area contributed by atoms with Gasteiger partial charge in [-0.1, -0.05) is 43.2 Å². The van der Waals surface area contributed by atoms with Gasteiger partial charge in [0.1, 0.15) is 0 Å². The van der Waals surface area contributed by atoms with Crippen molar-refractivity contribution in [2.24, 2.45) is 11.3 Å². The van der Waals surface area contributed by atoms with Gasteiger partial charge in [0.05, 0.1) is 0 Å². The summed E-state index contributed by atoms with van der Waals surface area (Å²) in [7, 11) is 0. The molecule has 0 aromatic rings. The number of rotatable bonds is 1. The van der Waals surface area contributed by atoms with E-state index in [0.717, 1.165) is 0 Å². The highest BCUT2D eigenvalue weighted by Crippen LogP contribution is 2.52. The van der Waals surface area contributed by atoms with Crippen molar-refractivity contribution in [2.45, 2.75) is 34.1 Å². The highest BCUT2D eigenvalue weighted by atomic mass is 14.4. The molecule has 70 valence electrons. The predicted molar refractivity (Wildman–Crippen MR) is 57.5 cm³/mol. The van der Waals surface area contributed by atoms with Crippen LogP contribution in [0, 0.1) is 11.3 Å². The van der Waals surface area contributed by atoms with Gasteiger partial charge in [0.15, 0.2) is 0 Å². The van der Waals surface area contributed by atoms with E-state index in [4.69, 9.17) is 0 Å². The minimum atomic E-state index is 0.337. The van der Waals surface area contributed by atoms with Crippen LogP contribution in [-0.2, 0) is 0 Å². The average Bonchev–Trinajstić information content (AvgIpc) is 2.51. The van der Waals surface area contributed by atoms with E-state index in [1.165, 1.54) is 12.0 Å². The Kier molecular flexibility index (Phi) is 1.76. The third kappa shape index (κ3) is 1.12. The minimum absolute atomic E-state index is 0.337. The molecule has 0 amide bonds. The maximum absolute atomic E-state index is 2.46. The van der Waals surface area contributed by atoms with Gasteiger partial charge in [0, 0.05) is 5.41 Å². The molecule has 1 unspecified atom stereocenters. The summed E-state index contributed by atoms with van der Waals surface area (Å²) in [5.74, 6) is 0.671. The van der Waals surface area contributed by atoms with Crippen LogP contribution in [0.3, 0.4) is 0 Å². The van der Waals surface area contributed by atoms with Crippen LogP contribution >= 0.6 is 0 Å². The van der Waals surface area contributed by atoms with Crippen molar-refractivity contribution in [1.82, 2.24) is 0 Å². The Labute approximate surface area is 81.0 Å². The van der Waals surface area contributed by atoms with Crippen molar-refractivity contribution < 1.29 is 0 Å². The summed E-state index contributed by atoms with van der Waals surface area (Å²) in [6.45, 7) is 9.04. The standard InChI is InChI=1S/C13H18/c1-9(2)12-5-6-13(8-12)7-10(3)11(13)4/h5-6,8-9H,7H2,1-4H3. The van der Waals surface area contributed by atoms with Crippen LogP contribution in [0.1, 0.15) is 34.1 Å². The summed E-state index contributed by atoms with van der Waals surface area (Å²) in [6, 6.07) is 0. The van der Waals surface area contributed by atoms with Crippen molar-refractivity contribution in [2.75, 3.05) is 0 Å². The third-order valence-electron chi connectivity index (χ3n) is 3.56. The lowest BCUT2D eigenvalue weighted by atomic mass is 9.66. The molecule has 0 N–H and O–H groups in total. The first-order valence-electron chi connectivity index (χ1n) is 5.14. The average molecular weight is 174 g/mol. The minimum Gasteiger partial charge on any atom is -0.0717 e. The Morgan fingerprint density at radius 1 is 1.31 bits per heavy atom. The molecule has 0 aromatic carbocycles. The van der Waals surface area contributed by atoms with E-state index in [-0.39, 0.29) is 0 Å². The molecule has 2 rings (SSSR count). The molecular weight excluding hydrogens is 156 g/mol. The molecule has 13 heavy (non-hydrogen) atoms. The summed E-state index contributed by atoms with van der Waals surface area (Å²) >= 11 is 0. The molecule has 0 radical (unpaired) electrons. The van der Waals surface area contributed by atoms with Gasteiger partial charge < -0.3 is 0 Å². The van der Waals surface area contributed by atoms with Crippen LogP contribution < -0.4 is 0 Å². The lowest BCUT2D eigenvalue weighted by Gasteiger charge is -2.38. The molecule has 0 aromatic heterocycles. The van der Waals surface area contributed by atoms with E-state index >= 15 is 0 Å². The second-order valence-electron chi connectivity index (χ2n) is 4.75. The Morgan fingerprint density at radius 2 is 2.00 bits per heavy atom. The molecule has 0 heterocycles. The van der Waals surface area contributed by atoms with Gasteiger partial charge in [-0.25, -0.2) is 0 Å². The van der Waals surface area contributed by atoms with Gasteiger partial charge in [-0.3, -0.25) is 0 Å². The molecule has 0 nitrogen and oxygen atoms in total. The zero-order chi connectivity index (χ0) is 9.64. The lowest BCUT2D eigenvalue weighted by molar-refractivity contribution is 0.502. The molecular formula is C13H18. The molecule has 2 aliphatic rings. The summed E-state index contributed by atoms with van der Waals surface area (Å²) in [5.41, 5.74) is 4.99. The van der Waals surface area contributed by atoms with E-state index in [0.29, 0.717) is 11.3 Å². The van der Waals surface area contributed by atoms with Crippen molar-refractivity contribution in [3.63, 3.8) is 0 Å². The SMILES string of the molecule is CC1=C(C)C2(C=CC(C(C)C)=C2)C1. The van der Waals surface area contributed by atoms with Crippen LogP contribution in [0.5, 0.6) is 0 Å². The Hall–Kier alpha value is -0.780. The van der Waals surface area contributed by atoms with Crippen LogP contribution in [-0.4, -0.2) is 0 Å². The molecule has 0 heteroatoms. The van der Waals surface area contributed by atoms with E-state index < -0.39 is 0 Å². The molecule has 0 fully saturated rings. The lowest BCUT2D eigenvalue weighted by Crippen LogP contribution is -2.26. The van der Waals surface area contributed by atoms with Crippen molar-refractivity contribution in [1.29, 1.82) is 0 Å². The third-order valence-corrected chi connectivity index (χ3v) is 3.56. The predicted octanol–water partition coefficient (Wildman–Crippen LogP) is 3.87. The van der Waals surface area contributed by atoms with E-state index in [1.54, 1.807) is 11.1 Å². The van der Waals surface area contributed by atoms with Crippen molar-refractivity contribution in [3.8, 4) is 0 Å². The second kappa shape index (κ2) is 2.60. The fourth-order valence-electron chi connectivity index (χ4n) is 2.34. The van der Waals surface area contributed by atoms with Crippen molar-refractivity contribution in [3.05, 3.63) is 34.9 Å². The van der Waals surface area contributed by atoms with E-state index in [2.05, 4.69) is 45.9 Å². The molecule has 1 atom stereocenters. The first-order valence-corrected chi connectivity index (χ1v) is 5.14. The van der Waals surface area contributed by atoms with E-state index in [9.17, 15) is 0 Å². The molecule has 0 saturated heterocycles. The quantitative estimate of drug-likeness (QED) is 0.529. The highest BCUT2D eigenvalue weighted by molar-refractivity contribution is 5.50. The van der Waals surface area contributed by atoms with Gasteiger partial charge >= 0.3 is 0 Å². The zero-order valence-electron chi connectivity index (χ0n) is 9.02. The Balaban J connectivity index is 2.30. The molecule has 0 saturated carbocycles. The summed E-state index contributed by atoms with van der Waals surface area (Å²) in [6.07, 6.45) is 8.39. The van der Waals surface area contributed by atoms with E-state index in [1.807, 2.05) is 0 Å². The summed E-state index contributed by atoms with van der Waals surface area (Å²) in [4.78, 5) is 0. The topological polar surface area (TPSA) is 0 Å². The maximum atomic E-state index is 2.46. The molecule has 0 bridgehead atoms. The normalized spacial score (nSPS) is 31.6. The second-order valence-corrected chi connectivity index (χ2v) is 4.75. The van der Waals surface area contributed by atoms with Gasteiger partial charge in [-0.15, -0.1) is 0 Å². The largest absolute Gasteiger partial charge is 0.0717 e. The van der Waals surface area contributed by atoms with Crippen LogP contribution in [0.15, 0.2) is 34.9 Å². The number of hydrogen-bond donors (Lipinski definition) is 0. The van der Waals surface area contributed by atoms with Crippen LogP contribution in [0.4, 0.5) is 0 Å². The molecule has 1 spiro atoms. The van der Waals surface area contributed by atoms with Crippen molar-refractivity contribution >= 4 is 0 Å². The summed E-state index contributed by atoms with van der Waals surface area (Å²) < 4.78 is 0. The smallest absolute Gasteiger partial charge is 0.0317 e. The fraction of sp³-hybridized carbons (Fsp3) is 0.538. The Morgan fingerprint density at radius 3 is 2.38 bits per heavy atom. The zero-order valence-corrected chi connectivity index (χ0v) is 9.02.